The van der Waals surface area contributed by atoms with Gasteiger partial charge in [0.1, 0.15) is 0 Å². The fourth-order valence-corrected chi connectivity index (χ4v) is 2.68. The molecule has 0 saturated carbocycles. The number of hydrogen-bond acceptors (Lipinski definition) is 11. The molecule has 0 saturated heterocycles. The van der Waals surface area contributed by atoms with E-state index in [2.05, 4.69) is 4.94 Å². The van der Waals surface area contributed by atoms with E-state index in [0.717, 1.165) is 6.07 Å². The van der Waals surface area contributed by atoms with E-state index < -0.39 is 28.3 Å². The summed E-state index contributed by atoms with van der Waals surface area (Å²) < 4.78 is 10.2. The lowest BCUT2D eigenvalue weighted by molar-refractivity contribution is -1.02. The molecule has 2 rings (SSSR count). The Morgan fingerprint density at radius 3 is 2.22 bits per heavy atom. The standard InChI is InChI=1S/C18H18N4O10/c1-29-16-8-14(15(9-17(16)30-2)21(26)32-22(27)28)11-20(31-12-23)19(18(24)25)10-13-6-4-3-5-7-13/h3-9,12H,10-11H2,1-2H3. The van der Waals surface area contributed by atoms with E-state index >= 15 is 0 Å². The minimum Gasteiger partial charge on any atom is -0.529 e. The van der Waals surface area contributed by atoms with Gasteiger partial charge in [-0.1, -0.05) is 30.3 Å². The maximum Gasteiger partial charge on any atom is 0.354 e. The van der Waals surface area contributed by atoms with Gasteiger partial charge in [0.25, 0.3) is 4.92 Å². The van der Waals surface area contributed by atoms with E-state index in [9.17, 15) is 29.7 Å². The van der Waals surface area contributed by atoms with Crippen LogP contribution in [0.3, 0.4) is 0 Å². The molecular formula is C18H18N4O10. The van der Waals surface area contributed by atoms with Gasteiger partial charge in [-0.05, 0) is 16.8 Å². The average Bonchev–Trinajstić information content (AvgIpc) is 2.76. The first-order chi connectivity index (χ1) is 15.3. The van der Waals surface area contributed by atoms with Crippen LogP contribution in [0.25, 0.3) is 0 Å². The molecule has 2 aromatic rings. The third kappa shape index (κ3) is 6.02. The van der Waals surface area contributed by atoms with E-state index in [4.69, 9.17) is 14.3 Å². The number of methoxy groups -OCH3 is 2. The fourth-order valence-electron chi connectivity index (χ4n) is 2.68. The van der Waals surface area contributed by atoms with Crippen LogP contribution in [0.5, 0.6) is 11.5 Å². The number of nitrogens with zero attached hydrogens (tertiary/aromatic N) is 4. The molecule has 0 N–H and O–H groups in total. The predicted octanol–water partition coefficient (Wildman–Crippen LogP) is 0.888. The molecule has 170 valence electrons. The topological polar surface area (TPSA) is 164 Å². The normalized spacial score (nSPS) is 10.2. The summed E-state index contributed by atoms with van der Waals surface area (Å²) in [6, 6.07) is 10.6. The minimum absolute atomic E-state index is 0.0305. The first-order valence-electron chi connectivity index (χ1n) is 8.75. The van der Waals surface area contributed by atoms with Crippen molar-refractivity contribution in [3.05, 3.63) is 68.6 Å². The molecule has 0 bridgehead atoms. The molecule has 32 heavy (non-hydrogen) atoms. The quantitative estimate of drug-likeness (QED) is 0.256. The number of carbonyl (C=O) groups excluding carboxylic acids is 2. The van der Waals surface area contributed by atoms with E-state index in [1.807, 2.05) is 0 Å². The van der Waals surface area contributed by atoms with Gasteiger partial charge in [-0.2, -0.15) is 0 Å². The summed E-state index contributed by atoms with van der Waals surface area (Å²) in [5.74, 6) is 0.137. The molecule has 0 heterocycles. The van der Waals surface area contributed by atoms with Crippen LogP contribution in [-0.2, 0) is 27.7 Å². The third-order valence-corrected chi connectivity index (χ3v) is 4.05. The Balaban J connectivity index is 2.49. The molecule has 0 spiro atoms. The highest BCUT2D eigenvalue weighted by molar-refractivity contribution is 5.62. The highest BCUT2D eigenvalue weighted by Crippen LogP contribution is 2.35. The van der Waals surface area contributed by atoms with E-state index in [0.29, 0.717) is 15.7 Å². The molecule has 14 nitrogen and oxygen atoms in total. The van der Waals surface area contributed by atoms with Crippen LogP contribution in [0.15, 0.2) is 42.5 Å². The Morgan fingerprint density at radius 1 is 1.06 bits per heavy atom. The smallest absolute Gasteiger partial charge is 0.354 e. The number of amides is 1. The highest BCUT2D eigenvalue weighted by atomic mass is 17.0. The molecule has 0 unspecified atom stereocenters. The number of hydroxylamine groups is 1. The maximum atomic E-state index is 12.2. The molecule has 2 aromatic carbocycles. The van der Waals surface area contributed by atoms with Crippen molar-refractivity contribution < 1.29 is 44.0 Å². The van der Waals surface area contributed by atoms with Gasteiger partial charge in [0.2, 0.25) is 0 Å². The van der Waals surface area contributed by atoms with Crippen molar-refractivity contribution in [1.29, 1.82) is 0 Å². The van der Waals surface area contributed by atoms with Crippen molar-refractivity contribution in [3.63, 3.8) is 0 Å². The summed E-state index contributed by atoms with van der Waals surface area (Å²) in [5.41, 5.74) is 0.0309. The van der Waals surface area contributed by atoms with Crippen LogP contribution in [0, 0.1) is 15.0 Å². The van der Waals surface area contributed by atoms with Gasteiger partial charge >= 0.3 is 17.2 Å². The zero-order valence-corrected chi connectivity index (χ0v) is 16.9. The lowest BCUT2D eigenvalue weighted by atomic mass is 10.1. The van der Waals surface area contributed by atoms with Crippen molar-refractivity contribution in [3.8, 4) is 11.5 Å². The van der Waals surface area contributed by atoms with Crippen molar-refractivity contribution in [2.75, 3.05) is 14.2 Å². The molecule has 0 fully saturated rings. The Morgan fingerprint density at radius 2 is 1.69 bits per heavy atom. The van der Waals surface area contributed by atoms with Gasteiger partial charge in [0.15, 0.2) is 17.6 Å². The van der Waals surface area contributed by atoms with Gasteiger partial charge in [-0.15, -0.1) is 10.1 Å². The van der Waals surface area contributed by atoms with Gasteiger partial charge in [-0.3, -0.25) is 9.80 Å². The van der Waals surface area contributed by atoms with E-state index in [1.54, 1.807) is 30.3 Å². The maximum absolute atomic E-state index is 12.2. The Bertz CT molecular complexity index is 985. The van der Waals surface area contributed by atoms with Crippen LogP contribution in [0.4, 0.5) is 10.5 Å². The lowest BCUT2D eigenvalue weighted by Gasteiger charge is -2.33. The number of benzene rings is 2. The molecule has 0 aromatic heterocycles. The lowest BCUT2D eigenvalue weighted by Crippen LogP contribution is -2.51. The third-order valence-electron chi connectivity index (χ3n) is 4.05. The summed E-state index contributed by atoms with van der Waals surface area (Å²) in [6.45, 7) is -0.870. The van der Waals surface area contributed by atoms with Crippen LogP contribution in [-0.4, -0.2) is 47.0 Å². The van der Waals surface area contributed by atoms with Gasteiger partial charge in [0.05, 0.1) is 43.8 Å². The van der Waals surface area contributed by atoms with E-state index in [-0.39, 0.29) is 30.1 Å². The predicted molar refractivity (Wildman–Crippen MR) is 101 cm³/mol. The number of rotatable bonds is 12. The second-order valence-electron chi connectivity index (χ2n) is 5.92. The first-order valence-corrected chi connectivity index (χ1v) is 8.75. The second-order valence-corrected chi connectivity index (χ2v) is 5.92. The molecule has 1 amide bonds. The number of hydrogen-bond donors (Lipinski definition) is 0. The molecule has 0 aliphatic heterocycles. The number of carbonyl (C=O) groups is 2. The molecule has 0 radical (unpaired) electrons. The van der Waals surface area contributed by atoms with Crippen molar-refractivity contribution in [1.82, 2.24) is 10.2 Å². The summed E-state index contributed by atoms with van der Waals surface area (Å²) in [6.07, 6.45) is -1.72. The van der Waals surface area contributed by atoms with Crippen molar-refractivity contribution in [2.24, 2.45) is 0 Å². The van der Waals surface area contributed by atoms with Crippen molar-refractivity contribution in [2.45, 2.75) is 13.1 Å². The Hall–Kier alpha value is -4.46. The van der Waals surface area contributed by atoms with Gasteiger partial charge < -0.3 is 24.2 Å². The zero-order chi connectivity index (χ0) is 23.7. The van der Waals surface area contributed by atoms with Crippen molar-refractivity contribution >= 4 is 18.3 Å². The molecule has 14 heteroatoms. The van der Waals surface area contributed by atoms with E-state index in [1.165, 1.54) is 20.3 Å². The Labute approximate surface area is 180 Å². The highest BCUT2D eigenvalue weighted by Gasteiger charge is 2.31. The molecule has 0 aliphatic rings. The summed E-state index contributed by atoms with van der Waals surface area (Å²) in [4.78, 5) is 53.8. The van der Waals surface area contributed by atoms with Gasteiger partial charge in [0, 0.05) is 4.94 Å². The summed E-state index contributed by atoms with van der Waals surface area (Å²) in [7, 11) is 2.57. The minimum atomic E-state index is -1.72. The SMILES string of the molecule is COc1cc(CN(OC=O)N(Cc2ccccc2)C(=O)[O-])c([N+](=O)O[N+](=O)[O-])cc1OC. The summed E-state index contributed by atoms with van der Waals surface area (Å²) >= 11 is 0. The molecule has 0 atom stereocenters. The second kappa shape index (κ2) is 11.1. The Kier molecular flexibility index (Phi) is 8.24. The van der Waals surface area contributed by atoms with Gasteiger partial charge in [-0.25, -0.2) is 0 Å². The largest absolute Gasteiger partial charge is 0.529 e. The molecule has 0 aliphatic carbocycles. The van der Waals surface area contributed by atoms with Crippen LogP contribution < -0.4 is 14.6 Å². The zero-order valence-electron chi connectivity index (χ0n) is 16.9. The van der Waals surface area contributed by atoms with Crippen LogP contribution >= 0.6 is 0 Å². The fraction of sp³-hybridized carbons (Fsp3) is 0.222. The summed E-state index contributed by atoms with van der Waals surface area (Å²) in [5, 5.41) is 22.2. The molecular weight excluding hydrogens is 432 g/mol. The number of ether oxygens (including phenoxy) is 2. The average molecular weight is 450 g/mol. The number of carboxylic acid groups (broad SMARTS) is 1. The van der Waals surface area contributed by atoms with Crippen LogP contribution in [0.1, 0.15) is 11.1 Å². The van der Waals surface area contributed by atoms with Crippen LogP contribution in [0.2, 0.25) is 0 Å². The first kappa shape index (κ1) is 23.8. The number of hydrazine groups is 1. The monoisotopic (exact) mass is 450 g/mol.